The summed E-state index contributed by atoms with van der Waals surface area (Å²) in [5.74, 6) is -1.08. The quantitative estimate of drug-likeness (QED) is 0.584. The summed E-state index contributed by atoms with van der Waals surface area (Å²) in [5, 5.41) is 2.85. The van der Waals surface area contributed by atoms with Gasteiger partial charge in [-0.2, -0.15) is 0 Å². The van der Waals surface area contributed by atoms with Crippen LogP contribution in [0.2, 0.25) is 0 Å². The van der Waals surface area contributed by atoms with Gasteiger partial charge in [-0.3, -0.25) is 4.79 Å². The number of nitrogens with zero attached hydrogens (tertiary/aromatic N) is 2. The van der Waals surface area contributed by atoms with Crippen molar-refractivity contribution in [1.82, 2.24) is 14.5 Å². The van der Waals surface area contributed by atoms with Gasteiger partial charge in [0, 0.05) is 31.1 Å². The van der Waals surface area contributed by atoms with Gasteiger partial charge in [-0.25, -0.2) is 12.7 Å². The van der Waals surface area contributed by atoms with Gasteiger partial charge in [-0.1, -0.05) is 25.5 Å². The van der Waals surface area contributed by atoms with Crippen molar-refractivity contribution >= 4 is 15.9 Å². The number of amides is 1. The summed E-state index contributed by atoms with van der Waals surface area (Å²) in [7, 11) is -1.27. The van der Waals surface area contributed by atoms with Crippen molar-refractivity contribution < 1.29 is 31.1 Å². The normalized spacial score (nSPS) is 22.3. The van der Waals surface area contributed by atoms with E-state index in [1.165, 1.54) is 22.5 Å². The average Bonchev–Trinajstić information content (AvgIpc) is 2.77. The Kier molecular flexibility index (Phi) is 8.51. The molecule has 2 saturated heterocycles. The van der Waals surface area contributed by atoms with Crippen molar-refractivity contribution in [3.63, 3.8) is 0 Å². The van der Waals surface area contributed by atoms with E-state index in [1.54, 1.807) is 0 Å². The van der Waals surface area contributed by atoms with Gasteiger partial charge >= 0.3 is 6.36 Å². The Hall–Kier alpha value is -1.85. The van der Waals surface area contributed by atoms with Gasteiger partial charge in [0.15, 0.2) is 0 Å². The maximum atomic E-state index is 12.9. The number of halogens is 3. The van der Waals surface area contributed by atoms with Gasteiger partial charge in [0.05, 0.1) is 11.3 Å². The first-order valence-electron chi connectivity index (χ1n) is 11.8. The molecule has 2 aliphatic heterocycles. The van der Waals surface area contributed by atoms with E-state index in [9.17, 15) is 26.4 Å². The lowest BCUT2D eigenvalue weighted by atomic mass is 9.69. The third kappa shape index (κ3) is 6.42. The van der Waals surface area contributed by atoms with E-state index in [0.29, 0.717) is 32.4 Å². The first-order valence-corrected chi connectivity index (χ1v) is 13.4. The highest BCUT2D eigenvalue weighted by molar-refractivity contribution is 7.89. The lowest BCUT2D eigenvalue weighted by Gasteiger charge is -2.51. The predicted octanol–water partition coefficient (Wildman–Crippen LogP) is 3.62. The number of likely N-dealkylation sites (tertiary alicyclic amines) is 1. The molecule has 0 saturated carbocycles. The Morgan fingerprint density at radius 2 is 1.85 bits per heavy atom. The maximum absolute atomic E-state index is 12.9. The van der Waals surface area contributed by atoms with Crippen molar-refractivity contribution in [3.8, 4) is 5.75 Å². The van der Waals surface area contributed by atoms with Gasteiger partial charge in [0.2, 0.25) is 10.0 Å². The molecule has 1 N–H and O–H groups in total. The van der Waals surface area contributed by atoms with E-state index in [1.807, 2.05) is 14.0 Å². The zero-order chi connectivity index (χ0) is 25.0. The van der Waals surface area contributed by atoms with Crippen LogP contribution in [-0.4, -0.2) is 74.9 Å². The van der Waals surface area contributed by atoms with E-state index in [4.69, 9.17) is 0 Å². The SMILES string of the molecule is CCCS(=O)(=O)N1CCC(CNC(=O)c2ccccc2OC(F)(F)F)(C2CCCCN2C)CC1. The van der Waals surface area contributed by atoms with Crippen molar-refractivity contribution in [2.24, 2.45) is 5.41 Å². The minimum atomic E-state index is -4.90. The molecule has 1 unspecified atom stereocenters. The van der Waals surface area contributed by atoms with Gasteiger partial charge in [0.25, 0.3) is 5.91 Å². The zero-order valence-electron chi connectivity index (χ0n) is 19.7. The Bertz CT molecular complexity index is 947. The highest BCUT2D eigenvalue weighted by Crippen LogP contribution is 2.41. The fourth-order valence-corrected chi connectivity index (χ4v) is 6.81. The zero-order valence-corrected chi connectivity index (χ0v) is 20.6. The van der Waals surface area contributed by atoms with Crippen molar-refractivity contribution in [1.29, 1.82) is 0 Å². The predicted molar refractivity (Wildman–Crippen MR) is 123 cm³/mol. The molecule has 1 aromatic rings. The smallest absolute Gasteiger partial charge is 0.405 e. The fourth-order valence-electron chi connectivity index (χ4n) is 5.29. The van der Waals surface area contributed by atoms with Crippen LogP contribution in [0, 0.1) is 5.41 Å². The minimum absolute atomic E-state index is 0.107. The van der Waals surface area contributed by atoms with E-state index in [0.717, 1.165) is 31.9 Å². The lowest BCUT2D eigenvalue weighted by Crippen LogP contribution is -2.58. The number of para-hydroxylation sites is 1. The van der Waals surface area contributed by atoms with E-state index >= 15 is 0 Å². The number of alkyl halides is 3. The third-order valence-corrected chi connectivity index (χ3v) is 9.09. The molecule has 0 radical (unpaired) electrons. The number of sulfonamides is 1. The number of ether oxygens (including phenoxy) is 1. The van der Waals surface area contributed by atoms with E-state index < -0.39 is 28.0 Å². The number of nitrogens with one attached hydrogen (secondary N) is 1. The van der Waals surface area contributed by atoms with Crippen molar-refractivity contribution in [2.45, 2.75) is 57.9 Å². The first kappa shape index (κ1) is 26.7. The second-order valence-electron chi connectivity index (χ2n) is 9.30. The Morgan fingerprint density at radius 1 is 1.18 bits per heavy atom. The number of carbonyl (C=O) groups is 1. The molecule has 1 aromatic carbocycles. The maximum Gasteiger partial charge on any atom is 0.573 e. The molecule has 34 heavy (non-hydrogen) atoms. The summed E-state index contributed by atoms with van der Waals surface area (Å²) in [4.78, 5) is 15.2. The molecule has 3 rings (SSSR count). The molecule has 192 valence electrons. The first-order chi connectivity index (χ1) is 16.0. The van der Waals surface area contributed by atoms with Crippen LogP contribution in [-0.2, 0) is 10.0 Å². The Morgan fingerprint density at radius 3 is 2.47 bits per heavy atom. The number of hydrogen-bond donors (Lipinski definition) is 1. The van der Waals surface area contributed by atoms with Crippen molar-refractivity contribution in [2.75, 3.05) is 39.0 Å². The number of benzene rings is 1. The molecular formula is C23H34F3N3O4S. The molecule has 11 heteroatoms. The Balaban J connectivity index is 1.78. The largest absolute Gasteiger partial charge is 0.573 e. The highest BCUT2D eigenvalue weighted by Gasteiger charge is 2.45. The molecule has 0 aromatic heterocycles. The van der Waals surface area contributed by atoms with Crippen LogP contribution in [0.25, 0.3) is 0 Å². The van der Waals surface area contributed by atoms with Gasteiger partial charge in [0.1, 0.15) is 5.75 Å². The van der Waals surface area contributed by atoms with Crippen LogP contribution in [0.5, 0.6) is 5.75 Å². The summed E-state index contributed by atoms with van der Waals surface area (Å²) in [6.45, 7) is 3.74. The summed E-state index contributed by atoms with van der Waals surface area (Å²) in [6.07, 6.45) is -0.150. The molecule has 1 amide bonds. The molecule has 0 aliphatic carbocycles. The van der Waals surface area contributed by atoms with Gasteiger partial charge < -0.3 is 15.0 Å². The molecule has 2 fully saturated rings. The average molecular weight is 506 g/mol. The van der Waals surface area contributed by atoms with Crippen LogP contribution in [0.1, 0.15) is 55.8 Å². The molecule has 0 spiro atoms. The molecule has 7 nitrogen and oxygen atoms in total. The molecule has 1 atom stereocenters. The molecule has 2 heterocycles. The van der Waals surface area contributed by atoms with E-state index in [-0.39, 0.29) is 29.3 Å². The monoisotopic (exact) mass is 505 g/mol. The lowest BCUT2D eigenvalue weighted by molar-refractivity contribution is -0.274. The standard InChI is InChI=1S/C23H34F3N3O4S/c1-3-16-34(31,32)29-14-11-22(12-15-29,20-10-6-7-13-28(20)2)17-27-21(30)18-8-4-5-9-19(18)33-23(24,25)26/h4-5,8-9,20H,3,6-7,10-17H2,1-2H3,(H,27,30). The number of rotatable bonds is 8. The van der Waals surface area contributed by atoms with Crippen LogP contribution < -0.4 is 10.1 Å². The number of piperidine rings is 2. The topological polar surface area (TPSA) is 79.0 Å². The Labute approximate surface area is 199 Å². The van der Waals surface area contributed by atoms with Crippen LogP contribution in [0.4, 0.5) is 13.2 Å². The van der Waals surface area contributed by atoms with Crippen LogP contribution in [0.3, 0.4) is 0 Å². The molecule has 2 aliphatic rings. The molecule has 0 bridgehead atoms. The van der Waals surface area contributed by atoms with Crippen LogP contribution >= 0.6 is 0 Å². The number of hydrogen-bond acceptors (Lipinski definition) is 5. The van der Waals surface area contributed by atoms with E-state index in [2.05, 4.69) is 15.0 Å². The summed E-state index contributed by atoms with van der Waals surface area (Å²) in [6, 6.07) is 5.43. The fraction of sp³-hybridized carbons (Fsp3) is 0.696. The summed E-state index contributed by atoms with van der Waals surface area (Å²) in [5.41, 5.74) is -0.557. The summed E-state index contributed by atoms with van der Waals surface area (Å²) < 4.78 is 69.1. The summed E-state index contributed by atoms with van der Waals surface area (Å²) >= 11 is 0. The number of carbonyl (C=O) groups excluding carboxylic acids is 1. The highest BCUT2D eigenvalue weighted by atomic mass is 32.2. The second kappa shape index (κ2) is 10.8. The van der Waals surface area contributed by atoms with Crippen molar-refractivity contribution in [3.05, 3.63) is 29.8 Å². The van der Waals surface area contributed by atoms with Crippen LogP contribution in [0.15, 0.2) is 24.3 Å². The second-order valence-corrected chi connectivity index (χ2v) is 11.4. The molecular weight excluding hydrogens is 471 g/mol. The van der Waals surface area contributed by atoms with Gasteiger partial charge in [-0.15, -0.1) is 13.2 Å². The minimum Gasteiger partial charge on any atom is -0.405 e. The third-order valence-electron chi connectivity index (χ3n) is 7.01. The van der Waals surface area contributed by atoms with Gasteiger partial charge in [-0.05, 0) is 57.8 Å².